The maximum atomic E-state index is 14.1. The Kier molecular flexibility index (Phi) is 5.51. The van der Waals surface area contributed by atoms with Crippen LogP contribution in [0.15, 0.2) is 36.4 Å². The van der Waals surface area contributed by atoms with Crippen LogP contribution in [0.5, 0.6) is 0 Å². The summed E-state index contributed by atoms with van der Waals surface area (Å²) in [5.41, 5.74) is 1.98. The van der Waals surface area contributed by atoms with Crippen LogP contribution in [0.3, 0.4) is 0 Å². The zero-order valence-corrected chi connectivity index (χ0v) is 20.3. The highest BCUT2D eigenvalue weighted by atomic mass is 35.5. The van der Waals surface area contributed by atoms with Crippen LogP contribution in [0.25, 0.3) is 5.69 Å². The molecule has 35 heavy (non-hydrogen) atoms. The summed E-state index contributed by atoms with van der Waals surface area (Å²) in [5.74, 6) is -1.27. The summed E-state index contributed by atoms with van der Waals surface area (Å²) >= 11 is 13.0. The van der Waals surface area contributed by atoms with Crippen molar-refractivity contribution in [2.45, 2.75) is 50.4 Å². The minimum atomic E-state index is -1.29. The second kappa shape index (κ2) is 8.47. The van der Waals surface area contributed by atoms with E-state index in [9.17, 15) is 14.3 Å². The molecule has 0 unspecified atom stereocenters. The molecule has 2 saturated carbocycles. The van der Waals surface area contributed by atoms with Crippen LogP contribution in [0.2, 0.25) is 10.0 Å². The summed E-state index contributed by atoms with van der Waals surface area (Å²) in [6.07, 6.45) is 4.74. The monoisotopic (exact) mass is 516 g/mol. The van der Waals surface area contributed by atoms with Gasteiger partial charge in [0.15, 0.2) is 0 Å². The number of nitrogens with zero attached hydrogens (tertiary/aromatic N) is 4. The lowest BCUT2D eigenvalue weighted by atomic mass is 10.1. The number of piperidine rings is 1. The number of carboxylic acid groups (broad SMARTS) is 1. The Bertz CT molecular complexity index is 1310. The summed E-state index contributed by atoms with van der Waals surface area (Å²) < 4.78 is 22.4. The Balaban J connectivity index is 1.34. The van der Waals surface area contributed by atoms with Gasteiger partial charge < -0.3 is 14.7 Å². The standard InChI is InChI=1S/C25H23Cl2FN4O3/c26-18-2-1-3-19(27)23(18)32-21(22(29-30-32)15-4-5-15)13-35-25-9-8-14(11-25)12-31(25)16-6-7-20(28)17(10-16)24(33)34/h1-3,6-7,10,14-15H,4-5,8-9,11-13H2,(H,33,34)/t14-,25-/m0/s1. The molecular weight excluding hydrogens is 494 g/mol. The number of aromatic nitrogens is 3. The molecule has 2 heterocycles. The van der Waals surface area contributed by atoms with Gasteiger partial charge >= 0.3 is 5.97 Å². The van der Waals surface area contributed by atoms with Crippen molar-refractivity contribution < 1.29 is 19.0 Å². The maximum absolute atomic E-state index is 14.1. The molecule has 0 spiro atoms. The van der Waals surface area contributed by atoms with Gasteiger partial charge in [-0.05, 0) is 68.4 Å². The molecule has 2 atom stereocenters. The number of hydrogen-bond acceptors (Lipinski definition) is 5. The SMILES string of the molecule is O=C(O)c1cc(N2C[C@H]3CC[C@]2(OCc2c(C4CC4)nnn2-c2c(Cl)cccc2Cl)C3)ccc1F. The van der Waals surface area contributed by atoms with Crippen molar-refractivity contribution in [1.29, 1.82) is 0 Å². The molecule has 3 aromatic rings. The lowest BCUT2D eigenvalue weighted by Gasteiger charge is -2.40. The molecular formula is C25H23Cl2FN4O3. The average molecular weight is 517 g/mol. The van der Waals surface area contributed by atoms with Crippen molar-refractivity contribution in [2.24, 2.45) is 5.92 Å². The second-order valence-corrected chi connectivity index (χ2v) is 10.4. The van der Waals surface area contributed by atoms with Gasteiger partial charge in [0.25, 0.3) is 0 Å². The summed E-state index contributed by atoms with van der Waals surface area (Å²) in [5, 5.41) is 19.2. The summed E-state index contributed by atoms with van der Waals surface area (Å²) in [6, 6.07) is 9.54. The smallest absolute Gasteiger partial charge is 0.338 e. The van der Waals surface area contributed by atoms with Gasteiger partial charge in [0, 0.05) is 18.2 Å². The van der Waals surface area contributed by atoms with E-state index in [1.165, 1.54) is 12.1 Å². The Labute approximate surface area is 211 Å². The molecule has 6 rings (SSSR count). The first-order chi connectivity index (χ1) is 16.9. The molecule has 2 bridgehead atoms. The first kappa shape index (κ1) is 22.8. The molecule has 1 aliphatic heterocycles. The molecule has 10 heteroatoms. The van der Waals surface area contributed by atoms with Gasteiger partial charge in [-0.2, -0.15) is 0 Å². The van der Waals surface area contributed by atoms with Crippen LogP contribution in [0.4, 0.5) is 10.1 Å². The normalized spacial score (nSPS) is 23.3. The quantitative estimate of drug-likeness (QED) is 0.426. The highest BCUT2D eigenvalue weighted by Gasteiger charge is 2.52. The van der Waals surface area contributed by atoms with Gasteiger partial charge in [0.05, 0.1) is 33.6 Å². The van der Waals surface area contributed by atoms with E-state index in [0.717, 1.165) is 50.0 Å². The van der Waals surface area contributed by atoms with Crippen molar-refractivity contribution >= 4 is 34.9 Å². The number of carbonyl (C=O) groups is 1. The number of rotatable bonds is 7. The van der Waals surface area contributed by atoms with E-state index in [1.807, 2.05) is 0 Å². The molecule has 0 radical (unpaired) electrons. The summed E-state index contributed by atoms with van der Waals surface area (Å²) in [7, 11) is 0. The van der Waals surface area contributed by atoms with Crippen LogP contribution in [0.1, 0.15) is 59.8 Å². The first-order valence-electron chi connectivity index (χ1n) is 11.7. The van der Waals surface area contributed by atoms with Gasteiger partial charge in [0.2, 0.25) is 0 Å². The molecule has 2 aliphatic carbocycles. The van der Waals surface area contributed by atoms with Crippen LogP contribution in [-0.4, -0.2) is 38.3 Å². The fraction of sp³-hybridized carbons (Fsp3) is 0.400. The van der Waals surface area contributed by atoms with Crippen LogP contribution in [0, 0.1) is 11.7 Å². The second-order valence-electron chi connectivity index (χ2n) is 9.60. The van der Waals surface area contributed by atoms with E-state index in [2.05, 4.69) is 15.2 Å². The highest BCUT2D eigenvalue weighted by Crippen LogP contribution is 2.50. The van der Waals surface area contributed by atoms with Gasteiger partial charge in [-0.25, -0.2) is 13.9 Å². The summed E-state index contributed by atoms with van der Waals surface area (Å²) in [4.78, 5) is 13.6. The Morgan fingerprint density at radius 3 is 2.66 bits per heavy atom. The molecule has 1 aromatic heterocycles. The van der Waals surface area contributed by atoms with Crippen molar-refractivity contribution in [3.63, 3.8) is 0 Å². The van der Waals surface area contributed by atoms with E-state index in [-0.39, 0.29) is 12.2 Å². The minimum absolute atomic E-state index is 0.247. The van der Waals surface area contributed by atoms with Gasteiger partial charge in [-0.3, -0.25) is 0 Å². The molecule has 182 valence electrons. The fourth-order valence-corrected chi connectivity index (χ4v) is 6.06. The molecule has 0 amide bonds. The molecule has 1 N–H and O–H groups in total. The topological polar surface area (TPSA) is 80.5 Å². The van der Waals surface area contributed by atoms with Crippen LogP contribution < -0.4 is 4.90 Å². The molecule has 7 nitrogen and oxygen atoms in total. The van der Waals surface area contributed by atoms with Crippen LogP contribution in [-0.2, 0) is 11.3 Å². The average Bonchev–Trinajstić information content (AvgIpc) is 3.31. The zero-order chi connectivity index (χ0) is 24.3. The third-order valence-corrected chi connectivity index (χ3v) is 7.97. The van der Waals surface area contributed by atoms with E-state index >= 15 is 0 Å². The number of benzene rings is 2. The maximum Gasteiger partial charge on any atom is 0.338 e. The third-order valence-electron chi connectivity index (χ3n) is 7.36. The zero-order valence-electron chi connectivity index (χ0n) is 18.8. The van der Waals surface area contributed by atoms with Gasteiger partial charge in [-0.15, -0.1) is 5.10 Å². The minimum Gasteiger partial charge on any atom is -0.478 e. The number of para-hydroxylation sites is 1. The fourth-order valence-electron chi connectivity index (χ4n) is 5.50. The van der Waals surface area contributed by atoms with E-state index < -0.39 is 17.5 Å². The van der Waals surface area contributed by atoms with Crippen molar-refractivity contribution in [3.8, 4) is 5.69 Å². The number of ether oxygens (including phenoxy) is 1. The highest BCUT2D eigenvalue weighted by molar-refractivity contribution is 6.37. The number of carboxylic acids is 1. The van der Waals surface area contributed by atoms with E-state index in [1.54, 1.807) is 28.9 Å². The predicted octanol–water partition coefficient (Wildman–Crippen LogP) is 5.82. The Morgan fingerprint density at radius 2 is 1.97 bits per heavy atom. The van der Waals surface area contributed by atoms with Gasteiger partial charge in [0.1, 0.15) is 17.2 Å². The first-order valence-corrected chi connectivity index (χ1v) is 12.5. The molecule has 3 fully saturated rings. The predicted molar refractivity (Wildman–Crippen MR) is 129 cm³/mol. The lowest BCUT2D eigenvalue weighted by Crippen LogP contribution is -2.47. The van der Waals surface area contributed by atoms with E-state index in [4.69, 9.17) is 27.9 Å². The molecule has 3 aliphatic rings. The number of aromatic carboxylic acids is 1. The largest absolute Gasteiger partial charge is 0.478 e. The van der Waals surface area contributed by atoms with Crippen LogP contribution >= 0.6 is 23.2 Å². The number of halogens is 3. The van der Waals surface area contributed by atoms with E-state index in [0.29, 0.717) is 33.3 Å². The van der Waals surface area contributed by atoms with Crippen molar-refractivity contribution in [1.82, 2.24) is 15.0 Å². The number of fused-ring (bicyclic) bond motifs is 2. The molecule has 2 aromatic carbocycles. The number of anilines is 1. The van der Waals surface area contributed by atoms with Crippen molar-refractivity contribution in [3.05, 3.63) is 69.2 Å². The number of hydrogen-bond donors (Lipinski definition) is 1. The third kappa shape index (κ3) is 3.88. The molecule has 1 saturated heterocycles. The Hall–Kier alpha value is -2.68. The lowest BCUT2D eigenvalue weighted by molar-refractivity contribution is -0.0471. The van der Waals surface area contributed by atoms with Crippen molar-refractivity contribution in [2.75, 3.05) is 11.4 Å². The summed E-state index contributed by atoms with van der Waals surface area (Å²) in [6.45, 7) is 0.977. The Morgan fingerprint density at radius 1 is 1.20 bits per heavy atom. The van der Waals surface area contributed by atoms with Gasteiger partial charge in [-0.1, -0.05) is 34.5 Å².